The molecule has 0 radical (unpaired) electrons. The fourth-order valence-electron chi connectivity index (χ4n) is 0.288. The van der Waals surface area contributed by atoms with E-state index in [9.17, 15) is 0 Å². The number of hydrogen-bond donors (Lipinski definition) is 1. The Morgan fingerprint density at radius 3 is 2.38 bits per heavy atom. The highest BCUT2D eigenvalue weighted by Crippen LogP contribution is 1.90. The minimum absolute atomic E-state index is 0.363. The van der Waals surface area contributed by atoms with Crippen molar-refractivity contribution in [2.24, 2.45) is 0 Å². The molecule has 1 rings (SSSR count). The van der Waals surface area contributed by atoms with Gasteiger partial charge >= 0.3 is 0 Å². The van der Waals surface area contributed by atoms with Gasteiger partial charge in [0, 0.05) is 11.8 Å². The highest BCUT2D eigenvalue weighted by molar-refractivity contribution is 6.23. The molecule has 5 heteroatoms. The van der Waals surface area contributed by atoms with Gasteiger partial charge in [-0.1, -0.05) is 0 Å². The third-order valence-corrected chi connectivity index (χ3v) is 0.747. The van der Waals surface area contributed by atoms with E-state index >= 15 is 0 Å². The van der Waals surface area contributed by atoms with E-state index in [1.54, 1.807) is 0 Å². The predicted molar refractivity (Wildman–Crippen MR) is 29.3 cm³/mol. The summed E-state index contributed by atoms with van der Waals surface area (Å²) in [7, 11) is 0. The standard InChI is InChI=1S/C3H3ClN4/c4-8-3-6-1-5-2-7-3/h1-2H,(H,5,6,7,8). The van der Waals surface area contributed by atoms with Crippen molar-refractivity contribution >= 4 is 17.7 Å². The zero-order valence-corrected chi connectivity index (χ0v) is 4.63. The van der Waals surface area contributed by atoms with Crippen LogP contribution in [0.3, 0.4) is 0 Å². The van der Waals surface area contributed by atoms with E-state index in [4.69, 9.17) is 11.8 Å². The van der Waals surface area contributed by atoms with Gasteiger partial charge < -0.3 is 0 Å². The van der Waals surface area contributed by atoms with E-state index in [-0.39, 0.29) is 0 Å². The molecule has 0 aromatic carbocycles. The summed E-state index contributed by atoms with van der Waals surface area (Å²) in [6.07, 6.45) is 2.72. The zero-order chi connectivity index (χ0) is 5.82. The third kappa shape index (κ3) is 1.04. The van der Waals surface area contributed by atoms with Gasteiger partial charge in [0.2, 0.25) is 5.95 Å². The van der Waals surface area contributed by atoms with E-state index < -0.39 is 0 Å². The Kier molecular flexibility index (Phi) is 1.58. The highest BCUT2D eigenvalue weighted by Gasteiger charge is 1.84. The first-order chi connectivity index (χ1) is 3.93. The molecule has 0 fully saturated rings. The van der Waals surface area contributed by atoms with Crippen LogP contribution in [0.1, 0.15) is 0 Å². The molecule has 0 saturated carbocycles. The Morgan fingerprint density at radius 2 is 2.00 bits per heavy atom. The Morgan fingerprint density at radius 1 is 1.38 bits per heavy atom. The number of halogens is 1. The van der Waals surface area contributed by atoms with Crippen LogP contribution in [0.2, 0.25) is 0 Å². The summed E-state index contributed by atoms with van der Waals surface area (Å²) in [5.41, 5.74) is 0. The number of hydrogen-bond acceptors (Lipinski definition) is 4. The van der Waals surface area contributed by atoms with Gasteiger partial charge in [0.05, 0.1) is 0 Å². The Balaban J connectivity index is 2.83. The monoisotopic (exact) mass is 130 g/mol. The van der Waals surface area contributed by atoms with Crippen molar-refractivity contribution in [1.29, 1.82) is 0 Å². The Bertz CT molecular complexity index is 153. The second-order valence-electron chi connectivity index (χ2n) is 1.06. The SMILES string of the molecule is ClNc1ncncn1. The second kappa shape index (κ2) is 2.42. The van der Waals surface area contributed by atoms with Crippen LogP contribution in [0.5, 0.6) is 0 Å². The molecule has 0 aliphatic rings. The average molecular weight is 131 g/mol. The summed E-state index contributed by atoms with van der Waals surface area (Å²) in [4.78, 5) is 13.1. The summed E-state index contributed by atoms with van der Waals surface area (Å²) in [6.45, 7) is 0. The molecule has 0 aliphatic heterocycles. The van der Waals surface area contributed by atoms with E-state index in [1.165, 1.54) is 12.7 Å². The minimum Gasteiger partial charge on any atom is -0.266 e. The van der Waals surface area contributed by atoms with Crippen LogP contribution in [-0.2, 0) is 0 Å². The van der Waals surface area contributed by atoms with E-state index in [0.29, 0.717) is 5.95 Å². The van der Waals surface area contributed by atoms with Crippen molar-refractivity contribution in [3.05, 3.63) is 12.7 Å². The number of nitrogens with one attached hydrogen (secondary N) is 1. The Hall–Kier alpha value is -0.900. The smallest absolute Gasteiger partial charge is 0.240 e. The fourth-order valence-corrected chi connectivity index (χ4v) is 0.386. The van der Waals surface area contributed by atoms with Gasteiger partial charge in [-0.05, 0) is 0 Å². The average Bonchev–Trinajstić information content (AvgIpc) is 1.90. The molecule has 42 valence electrons. The van der Waals surface area contributed by atoms with Crippen molar-refractivity contribution in [3.8, 4) is 0 Å². The van der Waals surface area contributed by atoms with Crippen LogP contribution in [0.15, 0.2) is 12.7 Å². The first kappa shape index (κ1) is 5.24. The lowest BCUT2D eigenvalue weighted by Gasteiger charge is -1.88. The lowest BCUT2D eigenvalue weighted by atomic mass is 11.0. The van der Waals surface area contributed by atoms with Crippen molar-refractivity contribution in [2.75, 3.05) is 4.84 Å². The van der Waals surface area contributed by atoms with Gasteiger partial charge in [-0.3, -0.25) is 4.84 Å². The summed E-state index contributed by atoms with van der Waals surface area (Å²) < 4.78 is 0. The van der Waals surface area contributed by atoms with Crippen molar-refractivity contribution < 1.29 is 0 Å². The molecule has 0 bridgehead atoms. The van der Waals surface area contributed by atoms with Crippen LogP contribution in [-0.4, -0.2) is 15.0 Å². The van der Waals surface area contributed by atoms with Crippen LogP contribution < -0.4 is 4.84 Å². The predicted octanol–water partition coefficient (Wildman–Crippen LogP) is 0.437. The maximum atomic E-state index is 5.12. The molecule has 8 heavy (non-hydrogen) atoms. The van der Waals surface area contributed by atoms with Gasteiger partial charge in [-0.2, -0.15) is 0 Å². The largest absolute Gasteiger partial charge is 0.266 e. The maximum Gasteiger partial charge on any atom is 0.240 e. The summed E-state index contributed by atoms with van der Waals surface area (Å²) in [5.74, 6) is 0.363. The van der Waals surface area contributed by atoms with Gasteiger partial charge in [0.25, 0.3) is 0 Å². The quantitative estimate of drug-likeness (QED) is 0.561. The minimum atomic E-state index is 0.363. The molecule has 1 N–H and O–H groups in total. The molecule has 0 saturated heterocycles. The molecule has 0 aliphatic carbocycles. The number of nitrogens with zero attached hydrogens (tertiary/aromatic N) is 3. The lowest BCUT2D eigenvalue weighted by Crippen LogP contribution is -1.89. The van der Waals surface area contributed by atoms with Crippen LogP contribution in [0, 0.1) is 0 Å². The molecular weight excluding hydrogens is 128 g/mol. The van der Waals surface area contributed by atoms with Crippen LogP contribution >= 0.6 is 11.8 Å². The number of aromatic nitrogens is 3. The molecule has 4 nitrogen and oxygen atoms in total. The lowest BCUT2D eigenvalue weighted by molar-refractivity contribution is 1.06. The topological polar surface area (TPSA) is 50.7 Å². The van der Waals surface area contributed by atoms with Gasteiger partial charge in [0.1, 0.15) is 12.7 Å². The summed E-state index contributed by atoms with van der Waals surface area (Å²) in [5, 5.41) is 0. The van der Waals surface area contributed by atoms with Crippen molar-refractivity contribution in [3.63, 3.8) is 0 Å². The zero-order valence-electron chi connectivity index (χ0n) is 3.87. The molecule has 0 amide bonds. The van der Waals surface area contributed by atoms with Crippen LogP contribution in [0.4, 0.5) is 5.95 Å². The molecular formula is C3H3ClN4. The first-order valence-electron chi connectivity index (χ1n) is 1.92. The first-order valence-corrected chi connectivity index (χ1v) is 2.30. The van der Waals surface area contributed by atoms with Crippen molar-refractivity contribution in [1.82, 2.24) is 15.0 Å². The van der Waals surface area contributed by atoms with Gasteiger partial charge in [-0.25, -0.2) is 15.0 Å². The van der Waals surface area contributed by atoms with E-state index in [2.05, 4.69) is 19.8 Å². The molecule has 1 aromatic heterocycles. The van der Waals surface area contributed by atoms with Gasteiger partial charge in [-0.15, -0.1) is 0 Å². The second-order valence-corrected chi connectivity index (χ2v) is 1.25. The molecule has 1 aromatic rings. The summed E-state index contributed by atoms with van der Waals surface area (Å²) >= 11 is 5.12. The molecule has 1 heterocycles. The van der Waals surface area contributed by atoms with E-state index in [1.807, 2.05) is 0 Å². The van der Waals surface area contributed by atoms with Crippen LogP contribution in [0.25, 0.3) is 0 Å². The maximum absolute atomic E-state index is 5.12. The number of rotatable bonds is 1. The highest BCUT2D eigenvalue weighted by atomic mass is 35.5. The van der Waals surface area contributed by atoms with Gasteiger partial charge in [0.15, 0.2) is 0 Å². The van der Waals surface area contributed by atoms with E-state index in [0.717, 1.165) is 0 Å². The molecule has 0 atom stereocenters. The fraction of sp³-hybridized carbons (Fsp3) is 0. The molecule has 0 unspecified atom stereocenters. The Labute approximate surface area is 51.1 Å². The third-order valence-electron chi connectivity index (χ3n) is 0.578. The van der Waals surface area contributed by atoms with Crippen molar-refractivity contribution in [2.45, 2.75) is 0 Å². The normalized spacial score (nSPS) is 8.62. The molecule has 0 spiro atoms. The summed E-state index contributed by atoms with van der Waals surface area (Å²) in [6, 6.07) is 0. The number of anilines is 1.